The Kier molecular flexibility index (Phi) is 4.16. The minimum Gasteiger partial charge on any atom is -0.478 e. The van der Waals surface area contributed by atoms with E-state index in [-0.39, 0.29) is 18.8 Å². The van der Waals surface area contributed by atoms with E-state index in [9.17, 15) is 15.0 Å². The predicted octanol–water partition coefficient (Wildman–Crippen LogP) is 0.0857. The Morgan fingerprint density at radius 1 is 1.55 bits per heavy atom. The summed E-state index contributed by atoms with van der Waals surface area (Å²) in [6.45, 7) is 0.0661. The monoisotopic (exact) mass is 280 g/mol. The SMILES string of the molecule is COCC(CO)Nc1c(C(=O)O)cnc2c1cnn2C. The summed E-state index contributed by atoms with van der Waals surface area (Å²) < 4.78 is 6.53. The molecule has 20 heavy (non-hydrogen) atoms. The van der Waals surface area contributed by atoms with Crippen LogP contribution in [0.2, 0.25) is 0 Å². The molecule has 8 heteroatoms. The number of aliphatic hydroxyl groups excluding tert-OH is 1. The number of aryl methyl sites for hydroxylation is 1. The molecule has 108 valence electrons. The molecule has 0 aliphatic heterocycles. The molecule has 2 rings (SSSR count). The molecular formula is C12H16N4O4. The largest absolute Gasteiger partial charge is 0.478 e. The van der Waals surface area contributed by atoms with Crippen LogP contribution < -0.4 is 5.32 Å². The van der Waals surface area contributed by atoms with Crippen molar-refractivity contribution < 1.29 is 19.7 Å². The van der Waals surface area contributed by atoms with Gasteiger partial charge in [-0.15, -0.1) is 0 Å². The summed E-state index contributed by atoms with van der Waals surface area (Å²) in [6.07, 6.45) is 2.81. The lowest BCUT2D eigenvalue weighted by atomic mass is 10.1. The number of carboxylic acid groups (broad SMARTS) is 1. The average Bonchev–Trinajstić information content (AvgIpc) is 2.80. The van der Waals surface area contributed by atoms with Gasteiger partial charge >= 0.3 is 5.97 Å². The number of nitrogens with one attached hydrogen (secondary N) is 1. The highest BCUT2D eigenvalue weighted by atomic mass is 16.5. The number of ether oxygens (including phenoxy) is 1. The molecule has 0 saturated carbocycles. The first kappa shape index (κ1) is 14.2. The number of pyridine rings is 1. The molecule has 0 aromatic carbocycles. The van der Waals surface area contributed by atoms with E-state index in [0.717, 1.165) is 0 Å². The minimum absolute atomic E-state index is 0.0278. The first-order valence-corrected chi connectivity index (χ1v) is 5.98. The Morgan fingerprint density at radius 2 is 2.30 bits per heavy atom. The molecule has 0 fully saturated rings. The highest BCUT2D eigenvalue weighted by molar-refractivity contribution is 6.03. The number of hydrogen-bond acceptors (Lipinski definition) is 6. The minimum atomic E-state index is -1.10. The van der Waals surface area contributed by atoms with Gasteiger partial charge in [0.15, 0.2) is 5.65 Å². The number of aliphatic hydroxyl groups is 1. The van der Waals surface area contributed by atoms with Gasteiger partial charge in [-0.1, -0.05) is 0 Å². The molecule has 0 aliphatic rings. The molecule has 0 amide bonds. The summed E-state index contributed by atoms with van der Waals surface area (Å²) in [4.78, 5) is 15.4. The average molecular weight is 280 g/mol. The van der Waals surface area contributed by atoms with Crippen LogP contribution in [-0.4, -0.2) is 57.3 Å². The highest BCUT2D eigenvalue weighted by Crippen LogP contribution is 2.26. The molecule has 2 aromatic heterocycles. The van der Waals surface area contributed by atoms with Crippen LogP contribution in [0.15, 0.2) is 12.4 Å². The maximum absolute atomic E-state index is 11.3. The van der Waals surface area contributed by atoms with Gasteiger partial charge in [-0.3, -0.25) is 4.68 Å². The summed E-state index contributed by atoms with van der Waals surface area (Å²) in [6, 6.07) is -0.413. The van der Waals surface area contributed by atoms with E-state index in [1.807, 2.05) is 0 Å². The smallest absolute Gasteiger partial charge is 0.339 e. The number of hydrogen-bond donors (Lipinski definition) is 3. The Hall–Kier alpha value is -2.19. The summed E-state index contributed by atoms with van der Waals surface area (Å²) >= 11 is 0. The van der Waals surface area contributed by atoms with Crippen molar-refractivity contribution in [3.8, 4) is 0 Å². The molecule has 2 aromatic rings. The Balaban J connectivity index is 2.51. The normalized spacial score (nSPS) is 12.6. The van der Waals surface area contributed by atoms with Crippen LogP contribution in [0, 0.1) is 0 Å². The summed E-state index contributed by atoms with van der Waals surface area (Å²) in [7, 11) is 3.23. The van der Waals surface area contributed by atoms with Crippen molar-refractivity contribution in [3.05, 3.63) is 18.0 Å². The first-order chi connectivity index (χ1) is 9.58. The van der Waals surface area contributed by atoms with Gasteiger partial charge in [0.1, 0.15) is 5.56 Å². The maximum Gasteiger partial charge on any atom is 0.339 e. The van der Waals surface area contributed by atoms with Crippen LogP contribution in [0.5, 0.6) is 0 Å². The van der Waals surface area contributed by atoms with Crippen molar-refractivity contribution in [2.45, 2.75) is 6.04 Å². The van der Waals surface area contributed by atoms with E-state index >= 15 is 0 Å². The molecule has 2 heterocycles. The van der Waals surface area contributed by atoms with Crippen LogP contribution in [0.3, 0.4) is 0 Å². The van der Waals surface area contributed by atoms with Crippen molar-refractivity contribution in [2.24, 2.45) is 7.05 Å². The van der Waals surface area contributed by atoms with Gasteiger partial charge in [0.2, 0.25) is 0 Å². The van der Waals surface area contributed by atoms with E-state index in [0.29, 0.717) is 16.7 Å². The fraction of sp³-hybridized carbons (Fsp3) is 0.417. The number of aromatic carboxylic acids is 1. The molecule has 1 atom stereocenters. The molecule has 0 aliphatic carbocycles. The predicted molar refractivity (Wildman–Crippen MR) is 71.8 cm³/mol. The molecule has 0 spiro atoms. The number of methoxy groups -OCH3 is 1. The third-order valence-corrected chi connectivity index (χ3v) is 2.93. The van der Waals surface area contributed by atoms with Gasteiger partial charge in [-0.05, 0) is 0 Å². The van der Waals surface area contributed by atoms with E-state index in [2.05, 4.69) is 15.4 Å². The van der Waals surface area contributed by atoms with Gasteiger partial charge in [0, 0.05) is 20.4 Å². The second-order valence-corrected chi connectivity index (χ2v) is 4.34. The Morgan fingerprint density at radius 3 is 2.90 bits per heavy atom. The number of nitrogens with zero attached hydrogens (tertiary/aromatic N) is 3. The molecule has 8 nitrogen and oxygen atoms in total. The number of aromatic nitrogens is 3. The number of carboxylic acids is 1. The van der Waals surface area contributed by atoms with E-state index < -0.39 is 12.0 Å². The van der Waals surface area contributed by atoms with E-state index in [4.69, 9.17) is 4.74 Å². The lowest BCUT2D eigenvalue weighted by Gasteiger charge is -2.18. The maximum atomic E-state index is 11.3. The van der Waals surface area contributed by atoms with Crippen LogP contribution in [-0.2, 0) is 11.8 Å². The molecule has 0 bridgehead atoms. The second kappa shape index (κ2) is 5.85. The third kappa shape index (κ3) is 2.56. The number of anilines is 1. The van der Waals surface area contributed by atoms with Crippen molar-refractivity contribution in [2.75, 3.05) is 25.6 Å². The van der Waals surface area contributed by atoms with Gasteiger partial charge in [0.05, 0.1) is 36.5 Å². The zero-order chi connectivity index (χ0) is 14.7. The van der Waals surface area contributed by atoms with E-state index in [1.54, 1.807) is 17.9 Å². The van der Waals surface area contributed by atoms with Crippen molar-refractivity contribution in [1.82, 2.24) is 14.8 Å². The number of fused-ring (bicyclic) bond motifs is 1. The summed E-state index contributed by atoms with van der Waals surface area (Å²) in [5.74, 6) is -1.10. The molecule has 1 unspecified atom stereocenters. The van der Waals surface area contributed by atoms with Gasteiger partial charge in [-0.25, -0.2) is 9.78 Å². The molecule has 0 saturated heterocycles. The third-order valence-electron chi connectivity index (χ3n) is 2.93. The number of rotatable bonds is 6. The molecule has 0 radical (unpaired) electrons. The Bertz CT molecular complexity index is 625. The Labute approximate surface area is 115 Å². The van der Waals surface area contributed by atoms with E-state index in [1.165, 1.54) is 13.3 Å². The van der Waals surface area contributed by atoms with Crippen molar-refractivity contribution in [3.63, 3.8) is 0 Å². The highest BCUT2D eigenvalue weighted by Gasteiger charge is 2.19. The standard InChI is InChI=1S/C12H16N4O4/c1-16-11-8(4-14-16)10(9(3-13-11)12(18)19)15-7(5-17)6-20-2/h3-4,7,17H,5-6H2,1-2H3,(H,13,15)(H,18,19). The lowest BCUT2D eigenvalue weighted by molar-refractivity contribution is 0.0697. The fourth-order valence-electron chi connectivity index (χ4n) is 1.96. The van der Waals surface area contributed by atoms with Gasteiger partial charge in [-0.2, -0.15) is 5.10 Å². The van der Waals surface area contributed by atoms with Crippen LogP contribution in [0.4, 0.5) is 5.69 Å². The summed E-state index contributed by atoms with van der Waals surface area (Å²) in [5, 5.41) is 26.2. The zero-order valence-corrected chi connectivity index (χ0v) is 11.2. The first-order valence-electron chi connectivity index (χ1n) is 5.98. The molecular weight excluding hydrogens is 264 g/mol. The fourth-order valence-corrected chi connectivity index (χ4v) is 1.96. The summed E-state index contributed by atoms with van der Waals surface area (Å²) in [5.41, 5.74) is 0.971. The van der Waals surface area contributed by atoms with Crippen LogP contribution in [0.1, 0.15) is 10.4 Å². The zero-order valence-electron chi connectivity index (χ0n) is 11.2. The molecule has 3 N–H and O–H groups in total. The number of carbonyl (C=O) groups is 1. The van der Waals surface area contributed by atoms with Crippen molar-refractivity contribution in [1.29, 1.82) is 0 Å². The lowest BCUT2D eigenvalue weighted by Crippen LogP contribution is -2.29. The van der Waals surface area contributed by atoms with Gasteiger partial charge in [0.25, 0.3) is 0 Å². The van der Waals surface area contributed by atoms with Gasteiger partial charge < -0.3 is 20.3 Å². The quantitative estimate of drug-likeness (QED) is 0.687. The topological polar surface area (TPSA) is 110 Å². The van der Waals surface area contributed by atoms with Crippen LogP contribution >= 0.6 is 0 Å². The second-order valence-electron chi connectivity index (χ2n) is 4.34. The van der Waals surface area contributed by atoms with Crippen LogP contribution in [0.25, 0.3) is 11.0 Å². The van der Waals surface area contributed by atoms with Crippen molar-refractivity contribution >= 4 is 22.7 Å².